The second-order valence-corrected chi connectivity index (χ2v) is 5.46. The molecule has 0 radical (unpaired) electrons. The Hall–Kier alpha value is -1.59. The lowest BCUT2D eigenvalue weighted by atomic mass is 10.1. The summed E-state index contributed by atoms with van der Waals surface area (Å²) in [6, 6.07) is 4.38. The van der Waals surface area contributed by atoms with Gasteiger partial charge in [0.05, 0.1) is 12.4 Å². The molecule has 0 aliphatic carbocycles. The summed E-state index contributed by atoms with van der Waals surface area (Å²) >= 11 is 0. The number of pyridine rings is 1. The molecule has 0 aromatic carbocycles. The Kier molecular flexibility index (Phi) is 2.50. The fourth-order valence-electron chi connectivity index (χ4n) is 3.31. The molecular weight excluding hydrogens is 242 g/mol. The predicted molar refractivity (Wildman–Crippen MR) is 72.2 cm³/mol. The highest BCUT2D eigenvalue weighted by atomic mass is 16.3. The minimum atomic E-state index is -0.169. The van der Waals surface area contributed by atoms with E-state index >= 15 is 0 Å². The summed E-state index contributed by atoms with van der Waals surface area (Å²) in [5.74, 6) is 0.934. The smallest absolute Gasteiger partial charge is 0.176 e. The number of piperazine rings is 1. The average Bonchev–Trinajstić information content (AvgIpc) is 3.01. The molecule has 5 nitrogen and oxygen atoms in total. The van der Waals surface area contributed by atoms with Gasteiger partial charge >= 0.3 is 0 Å². The third kappa shape index (κ3) is 1.81. The van der Waals surface area contributed by atoms with Crippen molar-refractivity contribution in [1.82, 2.24) is 9.88 Å². The van der Waals surface area contributed by atoms with Gasteiger partial charge in [0.15, 0.2) is 11.4 Å². The van der Waals surface area contributed by atoms with E-state index in [-0.39, 0.29) is 6.10 Å². The fourth-order valence-corrected chi connectivity index (χ4v) is 3.31. The first-order valence-corrected chi connectivity index (χ1v) is 6.80. The summed E-state index contributed by atoms with van der Waals surface area (Å²) in [6.07, 6.45) is 4.25. The zero-order chi connectivity index (χ0) is 12.8. The van der Waals surface area contributed by atoms with Gasteiger partial charge in [0, 0.05) is 43.8 Å². The van der Waals surface area contributed by atoms with Crippen LogP contribution in [0.2, 0.25) is 0 Å². The van der Waals surface area contributed by atoms with Crippen molar-refractivity contribution in [3.8, 4) is 0 Å². The molecular formula is C14H17N3O2. The molecule has 2 atom stereocenters. The standard InChI is InChI=1S/C14H17N3O2/c18-12-7-11-8-17(5-4-16(11)9-12)14-13-10(1-3-15-14)2-6-19-13/h1-3,6,11-12,18H,4-5,7-9H2/t11-,12+/m0/s1. The summed E-state index contributed by atoms with van der Waals surface area (Å²) in [6.45, 7) is 3.66. The maximum atomic E-state index is 9.76. The van der Waals surface area contributed by atoms with Crippen LogP contribution in [-0.2, 0) is 0 Å². The van der Waals surface area contributed by atoms with E-state index in [0.29, 0.717) is 6.04 Å². The number of hydrogen-bond acceptors (Lipinski definition) is 5. The number of aliphatic hydroxyl groups is 1. The molecule has 4 rings (SSSR count). The SMILES string of the molecule is O[C@@H]1C[C@H]2CN(c3nccc4ccoc34)CCN2C1. The average molecular weight is 259 g/mol. The molecule has 2 fully saturated rings. The molecule has 4 heterocycles. The molecule has 19 heavy (non-hydrogen) atoms. The van der Waals surface area contributed by atoms with Crippen LogP contribution in [0, 0.1) is 0 Å². The number of fused-ring (bicyclic) bond motifs is 2. The van der Waals surface area contributed by atoms with Crippen molar-refractivity contribution in [2.24, 2.45) is 0 Å². The molecule has 1 N–H and O–H groups in total. The van der Waals surface area contributed by atoms with Gasteiger partial charge in [0.1, 0.15) is 0 Å². The van der Waals surface area contributed by atoms with Crippen LogP contribution in [-0.4, -0.2) is 53.3 Å². The number of aromatic nitrogens is 1. The summed E-state index contributed by atoms with van der Waals surface area (Å²) in [5.41, 5.74) is 0.870. The molecule has 2 aliphatic rings. The maximum Gasteiger partial charge on any atom is 0.176 e. The van der Waals surface area contributed by atoms with Gasteiger partial charge < -0.3 is 14.4 Å². The Bertz CT molecular complexity index is 597. The molecule has 100 valence electrons. The number of anilines is 1. The molecule has 2 aromatic heterocycles. The first-order chi connectivity index (χ1) is 9.31. The van der Waals surface area contributed by atoms with Crippen LogP contribution in [0.3, 0.4) is 0 Å². The van der Waals surface area contributed by atoms with E-state index in [1.54, 1.807) is 6.26 Å². The van der Waals surface area contributed by atoms with E-state index in [2.05, 4.69) is 14.8 Å². The van der Waals surface area contributed by atoms with E-state index in [1.165, 1.54) is 0 Å². The monoisotopic (exact) mass is 259 g/mol. The van der Waals surface area contributed by atoms with E-state index in [9.17, 15) is 5.11 Å². The van der Waals surface area contributed by atoms with Crippen molar-refractivity contribution in [2.75, 3.05) is 31.1 Å². The highest BCUT2D eigenvalue weighted by molar-refractivity contribution is 5.87. The maximum absolute atomic E-state index is 9.76. The van der Waals surface area contributed by atoms with E-state index in [0.717, 1.165) is 49.4 Å². The Balaban J connectivity index is 1.65. The molecule has 0 unspecified atom stereocenters. The largest absolute Gasteiger partial charge is 0.460 e. The van der Waals surface area contributed by atoms with Crippen molar-refractivity contribution < 1.29 is 9.52 Å². The van der Waals surface area contributed by atoms with Gasteiger partial charge in [-0.2, -0.15) is 0 Å². The highest BCUT2D eigenvalue weighted by Gasteiger charge is 2.36. The van der Waals surface area contributed by atoms with Gasteiger partial charge in [-0.1, -0.05) is 0 Å². The second kappa shape index (κ2) is 4.21. The van der Waals surface area contributed by atoms with Crippen LogP contribution in [0.15, 0.2) is 29.0 Å². The summed E-state index contributed by atoms with van der Waals surface area (Å²) in [7, 11) is 0. The number of nitrogens with zero attached hydrogens (tertiary/aromatic N) is 3. The highest BCUT2D eigenvalue weighted by Crippen LogP contribution is 2.29. The van der Waals surface area contributed by atoms with Crippen LogP contribution in [0.5, 0.6) is 0 Å². The van der Waals surface area contributed by atoms with Gasteiger partial charge in [0.25, 0.3) is 0 Å². The Morgan fingerprint density at radius 3 is 3.16 bits per heavy atom. The van der Waals surface area contributed by atoms with Crippen molar-refractivity contribution in [2.45, 2.75) is 18.6 Å². The Morgan fingerprint density at radius 2 is 2.21 bits per heavy atom. The fraction of sp³-hybridized carbons (Fsp3) is 0.500. The van der Waals surface area contributed by atoms with Crippen molar-refractivity contribution in [3.63, 3.8) is 0 Å². The van der Waals surface area contributed by atoms with Gasteiger partial charge in [0.2, 0.25) is 0 Å². The van der Waals surface area contributed by atoms with Crippen LogP contribution in [0.1, 0.15) is 6.42 Å². The van der Waals surface area contributed by atoms with Gasteiger partial charge in [-0.3, -0.25) is 4.90 Å². The predicted octanol–water partition coefficient (Wildman–Crippen LogP) is 1.08. The van der Waals surface area contributed by atoms with Crippen molar-refractivity contribution >= 4 is 16.8 Å². The Labute approximate surface area is 111 Å². The zero-order valence-corrected chi connectivity index (χ0v) is 10.7. The zero-order valence-electron chi connectivity index (χ0n) is 10.7. The minimum Gasteiger partial charge on any atom is -0.460 e. The first-order valence-electron chi connectivity index (χ1n) is 6.80. The van der Waals surface area contributed by atoms with Gasteiger partial charge in [-0.25, -0.2) is 4.98 Å². The van der Waals surface area contributed by atoms with Crippen molar-refractivity contribution in [1.29, 1.82) is 0 Å². The summed E-state index contributed by atoms with van der Waals surface area (Å²) in [5, 5.41) is 10.9. The number of furan rings is 1. The first kappa shape index (κ1) is 11.3. The normalized spacial score (nSPS) is 27.9. The molecule has 0 spiro atoms. The molecule has 2 aliphatic heterocycles. The summed E-state index contributed by atoms with van der Waals surface area (Å²) in [4.78, 5) is 9.15. The number of aliphatic hydroxyl groups excluding tert-OH is 1. The van der Waals surface area contributed by atoms with E-state index in [1.807, 2.05) is 18.3 Å². The van der Waals surface area contributed by atoms with E-state index in [4.69, 9.17) is 4.42 Å². The quantitative estimate of drug-likeness (QED) is 0.830. The van der Waals surface area contributed by atoms with Crippen LogP contribution < -0.4 is 4.90 Å². The van der Waals surface area contributed by atoms with E-state index < -0.39 is 0 Å². The van der Waals surface area contributed by atoms with Crippen LogP contribution in [0.4, 0.5) is 5.82 Å². The van der Waals surface area contributed by atoms with Crippen LogP contribution >= 0.6 is 0 Å². The third-order valence-corrected chi connectivity index (χ3v) is 4.24. The molecule has 2 saturated heterocycles. The lowest BCUT2D eigenvalue weighted by Gasteiger charge is -2.37. The van der Waals surface area contributed by atoms with Gasteiger partial charge in [-0.15, -0.1) is 0 Å². The lowest BCUT2D eigenvalue weighted by molar-refractivity contribution is 0.173. The molecule has 2 aromatic rings. The van der Waals surface area contributed by atoms with Crippen molar-refractivity contribution in [3.05, 3.63) is 24.6 Å². The molecule has 0 bridgehead atoms. The number of rotatable bonds is 1. The molecule has 0 saturated carbocycles. The summed E-state index contributed by atoms with van der Waals surface area (Å²) < 4.78 is 5.57. The topological polar surface area (TPSA) is 52.7 Å². The van der Waals surface area contributed by atoms with Crippen LogP contribution in [0.25, 0.3) is 11.0 Å². The Morgan fingerprint density at radius 1 is 1.26 bits per heavy atom. The molecule has 0 amide bonds. The molecule has 5 heteroatoms. The second-order valence-electron chi connectivity index (χ2n) is 5.46. The number of hydrogen-bond donors (Lipinski definition) is 1. The third-order valence-electron chi connectivity index (χ3n) is 4.24. The van der Waals surface area contributed by atoms with Gasteiger partial charge in [-0.05, 0) is 18.6 Å². The minimum absolute atomic E-state index is 0.169. The lowest BCUT2D eigenvalue weighted by Crippen LogP contribution is -2.50.